The van der Waals surface area contributed by atoms with E-state index in [2.05, 4.69) is 29.4 Å². The van der Waals surface area contributed by atoms with Gasteiger partial charge in [-0.15, -0.1) is 0 Å². The maximum Gasteiger partial charge on any atom is 0.220 e. The lowest BCUT2D eigenvalue weighted by atomic mass is 10.1. The van der Waals surface area contributed by atoms with Crippen LogP contribution in [0.3, 0.4) is 0 Å². The third-order valence-corrected chi connectivity index (χ3v) is 3.62. The molecule has 1 amide bonds. The van der Waals surface area contributed by atoms with Crippen molar-refractivity contribution in [3.8, 4) is 0 Å². The SMILES string of the molecule is CCOCCCC(=O)NCCc1c(C)[nH]c2ccccc12. The highest BCUT2D eigenvalue weighted by atomic mass is 16.5. The van der Waals surface area contributed by atoms with Gasteiger partial charge < -0.3 is 15.0 Å². The normalized spacial score (nSPS) is 11.0. The summed E-state index contributed by atoms with van der Waals surface area (Å²) in [5, 5.41) is 4.23. The molecule has 4 nitrogen and oxygen atoms in total. The number of nitrogens with one attached hydrogen (secondary N) is 2. The van der Waals surface area contributed by atoms with Gasteiger partial charge in [0.05, 0.1) is 0 Å². The maximum atomic E-state index is 11.7. The molecule has 1 aromatic carbocycles. The molecule has 0 fully saturated rings. The lowest BCUT2D eigenvalue weighted by Crippen LogP contribution is -2.25. The summed E-state index contributed by atoms with van der Waals surface area (Å²) in [4.78, 5) is 15.1. The van der Waals surface area contributed by atoms with Crippen LogP contribution in [-0.4, -0.2) is 30.6 Å². The fourth-order valence-corrected chi connectivity index (χ4v) is 2.55. The summed E-state index contributed by atoms with van der Waals surface area (Å²) < 4.78 is 5.23. The molecule has 2 rings (SSSR count). The predicted octanol–water partition coefficient (Wildman–Crippen LogP) is 2.95. The van der Waals surface area contributed by atoms with Crippen molar-refractivity contribution in [2.75, 3.05) is 19.8 Å². The number of benzene rings is 1. The average Bonchev–Trinajstić information content (AvgIpc) is 2.80. The highest BCUT2D eigenvalue weighted by Gasteiger charge is 2.08. The molecule has 0 aliphatic rings. The number of para-hydroxylation sites is 1. The summed E-state index contributed by atoms with van der Waals surface area (Å²) in [5.41, 5.74) is 3.63. The number of fused-ring (bicyclic) bond motifs is 1. The number of carbonyl (C=O) groups excluding carboxylic acids is 1. The van der Waals surface area contributed by atoms with E-state index in [-0.39, 0.29) is 5.91 Å². The van der Waals surface area contributed by atoms with E-state index in [0.717, 1.165) is 18.4 Å². The zero-order valence-corrected chi connectivity index (χ0v) is 12.9. The molecule has 0 aliphatic carbocycles. The monoisotopic (exact) mass is 288 g/mol. The average molecular weight is 288 g/mol. The fraction of sp³-hybridized carbons (Fsp3) is 0.471. The van der Waals surface area contributed by atoms with Crippen molar-refractivity contribution >= 4 is 16.8 Å². The van der Waals surface area contributed by atoms with Crippen LogP contribution in [0.25, 0.3) is 10.9 Å². The molecule has 0 saturated carbocycles. The largest absolute Gasteiger partial charge is 0.382 e. The second kappa shape index (κ2) is 7.84. The second-order valence-electron chi connectivity index (χ2n) is 5.17. The molecule has 2 aromatic rings. The highest BCUT2D eigenvalue weighted by molar-refractivity contribution is 5.84. The van der Waals surface area contributed by atoms with Gasteiger partial charge in [0.15, 0.2) is 0 Å². The Balaban J connectivity index is 1.80. The van der Waals surface area contributed by atoms with Gasteiger partial charge >= 0.3 is 0 Å². The molecule has 1 aromatic heterocycles. The summed E-state index contributed by atoms with van der Waals surface area (Å²) in [5.74, 6) is 0.104. The first-order chi connectivity index (χ1) is 10.2. The van der Waals surface area contributed by atoms with E-state index in [1.807, 2.05) is 19.1 Å². The molecule has 2 N–H and O–H groups in total. The minimum atomic E-state index is 0.104. The van der Waals surface area contributed by atoms with Crippen LogP contribution in [0.1, 0.15) is 31.0 Å². The Bertz CT molecular complexity index is 589. The first kappa shape index (κ1) is 15.6. The van der Waals surface area contributed by atoms with Gasteiger partial charge in [-0.05, 0) is 38.3 Å². The van der Waals surface area contributed by atoms with Crippen LogP contribution in [-0.2, 0) is 16.0 Å². The number of carbonyl (C=O) groups is 1. The molecule has 0 aliphatic heterocycles. The van der Waals surface area contributed by atoms with Gasteiger partial charge in [0.1, 0.15) is 0 Å². The van der Waals surface area contributed by atoms with Gasteiger partial charge in [0.25, 0.3) is 0 Å². The van der Waals surface area contributed by atoms with Crippen molar-refractivity contribution in [3.63, 3.8) is 0 Å². The molecule has 1 heterocycles. The Hall–Kier alpha value is -1.81. The highest BCUT2D eigenvalue weighted by Crippen LogP contribution is 2.21. The Labute approximate surface area is 125 Å². The Kier molecular flexibility index (Phi) is 5.81. The van der Waals surface area contributed by atoms with Gasteiger partial charge in [0, 0.05) is 42.8 Å². The standard InChI is InChI=1S/C17H24N2O2/c1-3-21-12-6-9-17(20)18-11-10-14-13(2)19-16-8-5-4-7-15(14)16/h4-5,7-8,19H,3,6,9-12H2,1-2H3,(H,18,20). The predicted molar refractivity (Wildman–Crippen MR) is 85.5 cm³/mol. The van der Waals surface area contributed by atoms with Crippen LogP contribution < -0.4 is 5.32 Å². The van der Waals surface area contributed by atoms with Crippen molar-refractivity contribution < 1.29 is 9.53 Å². The number of amides is 1. The summed E-state index contributed by atoms with van der Waals surface area (Å²) in [7, 11) is 0. The van der Waals surface area contributed by atoms with Gasteiger partial charge in [-0.3, -0.25) is 4.79 Å². The molecule has 0 saturated heterocycles. The van der Waals surface area contributed by atoms with E-state index in [1.165, 1.54) is 16.6 Å². The van der Waals surface area contributed by atoms with E-state index >= 15 is 0 Å². The topological polar surface area (TPSA) is 54.1 Å². The molecule has 0 atom stereocenters. The van der Waals surface area contributed by atoms with Crippen molar-refractivity contribution in [2.45, 2.75) is 33.1 Å². The van der Waals surface area contributed by atoms with Crippen molar-refractivity contribution in [1.29, 1.82) is 0 Å². The van der Waals surface area contributed by atoms with Crippen molar-refractivity contribution in [2.24, 2.45) is 0 Å². The van der Waals surface area contributed by atoms with Crippen LogP contribution in [0.4, 0.5) is 0 Å². The second-order valence-corrected chi connectivity index (χ2v) is 5.17. The zero-order valence-electron chi connectivity index (χ0n) is 12.9. The number of aryl methyl sites for hydroxylation is 1. The molecule has 0 spiro atoms. The van der Waals surface area contributed by atoms with Crippen LogP contribution in [0, 0.1) is 6.92 Å². The first-order valence-corrected chi connectivity index (χ1v) is 7.63. The van der Waals surface area contributed by atoms with Gasteiger partial charge in [-0.2, -0.15) is 0 Å². The number of ether oxygens (including phenoxy) is 1. The van der Waals surface area contributed by atoms with E-state index in [9.17, 15) is 4.79 Å². The number of aromatic amines is 1. The van der Waals surface area contributed by atoms with E-state index in [0.29, 0.717) is 26.2 Å². The van der Waals surface area contributed by atoms with Crippen LogP contribution in [0.2, 0.25) is 0 Å². The van der Waals surface area contributed by atoms with Crippen molar-refractivity contribution in [1.82, 2.24) is 10.3 Å². The number of hydrogen-bond acceptors (Lipinski definition) is 2. The Morgan fingerprint density at radius 2 is 2.14 bits per heavy atom. The fourth-order valence-electron chi connectivity index (χ4n) is 2.55. The third kappa shape index (κ3) is 4.33. The van der Waals surface area contributed by atoms with Gasteiger partial charge in [0.2, 0.25) is 5.91 Å². The molecule has 114 valence electrons. The summed E-state index contributed by atoms with van der Waals surface area (Å²) in [6.07, 6.45) is 2.17. The number of aromatic nitrogens is 1. The molecular weight excluding hydrogens is 264 g/mol. The molecule has 21 heavy (non-hydrogen) atoms. The molecular formula is C17H24N2O2. The Morgan fingerprint density at radius 1 is 1.33 bits per heavy atom. The van der Waals surface area contributed by atoms with Gasteiger partial charge in [-0.25, -0.2) is 0 Å². The first-order valence-electron chi connectivity index (χ1n) is 7.63. The quantitative estimate of drug-likeness (QED) is 0.734. The zero-order chi connectivity index (χ0) is 15.1. The van der Waals surface area contributed by atoms with Crippen molar-refractivity contribution in [3.05, 3.63) is 35.5 Å². The smallest absolute Gasteiger partial charge is 0.220 e. The molecule has 0 bridgehead atoms. The summed E-state index contributed by atoms with van der Waals surface area (Å²) in [6, 6.07) is 8.28. The summed E-state index contributed by atoms with van der Waals surface area (Å²) in [6.45, 7) is 6.09. The lowest BCUT2D eigenvalue weighted by molar-refractivity contribution is -0.121. The molecule has 4 heteroatoms. The van der Waals surface area contributed by atoms with E-state index < -0.39 is 0 Å². The van der Waals surface area contributed by atoms with Crippen LogP contribution >= 0.6 is 0 Å². The number of H-pyrrole nitrogens is 1. The number of rotatable bonds is 8. The Morgan fingerprint density at radius 3 is 2.95 bits per heavy atom. The lowest BCUT2D eigenvalue weighted by Gasteiger charge is -2.06. The van der Waals surface area contributed by atoms with Gasteiger partial charge in [-0.1, -0.05) is 18.2 Å². The third-order valence-electron chi connectivity index (χ3n) is 3.62. The number of hydrogen-bond donors (Lipinski definition) is 2. The van der Waals surface area contributed by atoms with Crippen LogP contribution in [0.5, 0.6) is 0 Å². The maximum absolute atomic E-state index is 11.7. The van der Waals surface area contributed by atoms with Crippen LogP contribution in [0.15, 0.2) is 24.3 Å². The molecule has 0 radical (unpaired) electrons. The summed E-state index contributed by atoms with van der Waals surface area (Å²) >= 11 is 0. The van der Waals surface area contributed by atoms with E-state index in [1.54, 1.807) is 0 Å². The minimum absolute atomic E-state index is 0.104. The minimum Gasteiger partial charge on any atom is -0.382 e. The molecule has 0 unspecified atom stereocenters. The van der Waals surface area contributed by atoms with E-state index in [4.69, 9.17) is 4.74 Å².